The fourth-order valence-corrected chi connectivity index (χ4v) is 3.94. The van der Waals surface area contributed by atoms with Crippen LogP contribution in [0.3, 0.4) is 0 Å². The molecular weight excluding hydrogens is 314 g/mol. The zero-order valence-electron chi connectivity index (χ0n) is 14.1. The van der Waals surface area contributed by atoms with Gasteiger partial charge in [-0.3, -0.25) is 4.90 Å². The lowest BCUT2D eigenvalue weighted by Gasteiger charge is -2.36. The van der Waals surface area contributed by atoms with Crippen molar-refractivity contribution in [2.45, 2.75) is 18.4 Å². The molecule has 0 radical (unpaired) electrons. The Bertz CT molecular complexity index is 701. The minimum atomic E-state index is 0.834. The van der Waals surface area contributed by atoms with Crippen molar-refractivity contribution in [3.8, 4) is 6.07 Å². The van der Waals surface area contributed by atoms with Crippen LogP contribution in [0.5, 0.6) is 0 Å². The van der Waals surface area contributed by atoms with E-state index >= 15 is 0 Å². The van der Waals surface area contributed by atoms with Crippen LogP contribution in [0.25, 0.3) is 0 Å². The van der Waals surface area contributed by atoms with Crippen LogP contribution >= 0.6 is 11.8 Å². The Morgan fingerprint density at radius 3 is 2.42 bits per heavy atom. The van der Waals surface area contributed by atoms with E-state index in [9.17, 15) is 5.26 Å². The molecule has 1 fully saturated rings. The predicted molar refractivity (Wildman–Crippen MR) is 101 cm³/mol. The second kappa shape index (κ2) is 8.23. The molecule has 0 saturated carbocycles. The second-order valence-electron chi connectivity index (χ2n) is 5.94. The van der Waals surface area contributed by atoms with Gasteiger partial charge in [-0.15, -0.1) is 11.8 Å². The highest BCUT2D eigenvalue weighted by molar-refractivity contribution is 7.99. The van der Waals surface area contributed by atoms with Gasteiger partial charge >= 0.3 is 0 Å². The van der Waals surface area contributed by atoms with E-state index in [-0.39, 0.29) is 0 Å². The lowest BCUT2D eigenvalue weighted by Crippen LogP contribution is -2.46. The summed E-state index contributed by atoms with van der Waals surface area (Å²) < 4.78 is 0. The number of hydrogen-bond donors (Lipinski definition) is 0. The number of rotatable bonds is 5. The Kier molecular flexibility index (Phi) is 5.79. The van der Waals surface area contributed by atoms with Gasteiger partial charge < -0.3 is 4.90 Å². The van der Waals surface area contributed by atoms with Gasteiger partial charge in [0.05, 0.1) is 11.3 Å². The molecular formula is C20H23N3S. The van der Waals surface area contributed by atoms with Gasteiger partial charge in [0.15, 0.2) is 0 Å². The molecule has 0 aliphatic carbocycles. The van der Waals surface area contributed by atoms with Crippen molar-refractivity contribution < 1.29 is 0 Å². The number of hydrogen-bond acceptors (Lipinski definition) is 4. The largest absolute Gasteiger partial charge is 0.368 e. The van der Waals surface area contributed by atoms with Crippen LogP contribution in [-0.4, -0.2) is 36.8 Å². The molecule has 1 aliphatic heterocycles. The van der Waals surface area contributed by atoms with Crippen LogP contribution in [0.1, 0.15) is 18.1 Å². The van der Waals surface area contributed by atoms with E-state index in [4.69, 9.17) is 0 Å². The molecule has 0 amide bonds. The monoisotopic (exact) mass is 337 g/mol. The summed E-state index contributed by atoms with van der Waals surface area (Å²) in [5.41, 5.74) is 3.29. The molecule has 0 spiro atoms. The maximum atomic E-state index is 9.60. The first-order valence-corrected chi connectivity index (χ1v) is 9.47. The molecule has 3 nitrogen and oxygen atoms in total. The molecule has 0 unspecified atom stereocenters. The van der Waals surface area contributed by atoms with Crippen molar-refractivity contribution in [2.75, 3.05) is 36.8 Å². The smallest absolute Gasteiger partial charge is 0.103 e. The highest BCUT2D eigenvalue weighted by Gasteiger charge is 2.20. The quantitative estimate of drug-likeness (QED) is 0.772. The van der Waals surface area contributed by atoms with Gasteiger partial charge in [0, 0.05) is 37.6 Å². The van der Waals surface area contributed by atoms with E-state index in [2.05, 4.69) is 71.3 Å². The van der Waals surface area contributed by atoms with E-state index in [0.717, 1.165) is 54.6 Å². The van der Waals surface area contributed by atoms with Gasteiger partial charge in [0.1, 0.15) is 6.07 Å². The van der Waals surface area contributed by atoms with Gasteiger partial charge in [-0.1, -0.05) is 43.3 Å². The van der Waals surface area contributed by atoms with Gasteiger partial charge in [-0.05, 0) is 23.4 Å². The summed E-state index contributed by atoms with van der Waals surface area (Å²) in [7, 11) is 0. The summed E-state index contributed by atoms with van der Waals surface area (Å²) in [6.07, 6.45) is 0. The molecule has 0 aromatic heterocycles. The minimum absolute atomic E-state index is 0.834. The Morgan fingerprint density at radius 2 is 1.75 bits per heavy atom. The van der Waals surface area contributed by atoms with Crippen molar-refractivity contribution in [3.63, 3.8) is 0 Å². The summed E-state index contributed by atoms with van der Waals surface area (Å²) in [4.78, 5) is 5.95. The number of thioether (sulfide) groups is 1. The summed E-state index contributed by atoms with van der Waals surface area (Å²) in [5.74, 6) is 0.989. The molecule has 124 valence electrons. The van der Waals surface area contributed by atoms with E-state index in [1.165, 1.54) is 5.56 Å². The third-order valence-electron chi connectivity index (χ3n) is 4.38. The second-order valence-corrected chi connectivity index (χ2v) is 7.25. The number of nitrogens with zero attached hydrogens (tertiary/aromatic N) is 3. The SMILES string of the molecule is CCSc1cccc(N2CCN(Cc3ccccc3)CC2)c1C#N. The molecule has 3 rings (SSSR count). The van der Waals surface area contributed by atoms with E-state index in [1.807, 2.05) is 0 Å². The zero-order chi connectivity index (χ0) is 16.8. The van der Waals surface area contributed by atoms with Crippen molar-refractivity contribution >= 4 is 17.4 Å². The van der Waals surface area contributed by atoms with Crippen molar-refractivity contribution in [1.29, 1.82) is 5.26 Å². The molecule has 1 heterocycles. The third kappa shape index (κ3) is 3.92. The maximum Gasteiger partial charge on any atom is 0.103 e. The number of nitriles is 1. The number of benzene rings is 2. The van der Waals surface area contributed by atoms with Crippen LogP contribution < -0.4 is 4.90 Å². The standard InChI is InChI=1S/C20H23N3S/c1-2-24-20-10-6-9-19(18(20)15-21)23-13-11-22(12-14-23)16-17-7-4-3-5-8-17/h3-10H,2,11-14,16H2,1H3. The molecule has 4 heteroatoms. The fourth-order valence-electron chi connectivity index (χ4n) is 3.16. The van der Waals surface area contributed by atoms with Crippen LogP contribution in [0, 0.1) is 11.3 Å². The Labute approximate surface area is 148 Å². The van der Waals surface area contributed by atoms with Crippen molar-refractivity contribution in [1.82, 2.24) is 4.90 Å². The lowest BCUT2D eigenvalue weighted by molar-refractivity contribution is 0.250. The first kappa shape index (κ1) is 16.9. The van der Waals surface area contributed by atoms with E-state index < -0.39 is 0 Å². The highest BCUT2D eigenvalue weighted by Crippen LogP contribution is 2.30. The molecule has 2 aromatic rings. The van der Waals surface area contributed by atoms with Crippen molar-refractivity contribution in [3.05, 3.63) is 59.7 Å². The van der Waals surface area contributed by atoms with Crippen LogP contribution in [-0.2, 0) is 6.54 Å². The predicted octanol–water partition coefficient (Wildman–Crippen LogP) is 3.99. The Balaban J connectivity index is 1.67. The van der Waals surface area contributed by atoms with Crippen molar-refractivity contribution in [2.24, 2.45) is 0 Å². The third-order valence-corrected chi connectivity index (χ3v) is 5.32. The van der Waals surface area contributed by atoms with Crippen LogP contribution in [0.2, 0.25) is 0 Å². The minimum Gasteiger partial charge on any atom is -0.368 e. The zero-order valence-corrected chi connectivity index (χ0v) is 14.9. The normalized spacial score (nSPS) is 15.2. The molecule has 1 aliphatic rings. The molecule has 0 atom stereocenters. The van der Waals surface area contributed by atoms with Crippen LogP contribution in [0.15, 0.2) is 53.4 Å². The average Bonchev–Trinajstić information content (AvgIpc) is 2.63. The van der Waals surface area contributed by atoms with E-state index in [1.54, 1.807) is 11.8 Å². The first-order chi connectivity index (χ1) is 11.8. The van der Waals surface area contributed by atoms with Gasteiger partial charge in [0.2, 0.25) is 0 Å². The van der Waals surface area contributed by atoms with Gasteiger partial charge in [-0.2, -0.15) is 5.26 Å². The summed E-state index contributed by atoms with van der Waals surface area (Å²) in [5, 5.41) is 9.60. The van der Waals surface area contributed by atoms with Gasteiger partial charge in [-0.25, -0.2) is 0 Å². The fraction of sp³-hybridized carbons (Fsp3) is 0.350. The number of anilines is 1. The average molecular weight is 337 g/mol. The molecule has 2 aromatic carbocycles. The number of piperazine rings is 1. The maximum absolute atomic E-state index is 9.60. The molecule has 1 saturated heterocycles. The first-order valence-electron chi connectivity index (χ1n) is 8.49. The Morgan fingerprint density at radius 1 is 1.00 bits per heavy atom. The highest BCUT2D eigenvalue weighted by atomic mass is 32.2. The lowest BCUT2D eigenvalue weighted by atomic mass is 10.1. The molecule has 24 heavy (non-hydrogen) atoms. The van der Waals surface area contributed by atoms with E-state index in [0.29, 0.717) is 0 Å². The van der Waals surface area contributed by atoms with Crippen LogP contribution in [0.4, 0.5) is 5.69 Å². The Hall–Kier alpha value is -1.96. The summed E-state index contributed by atoms with van der Waals surface area (Å²) >= 11 is 1.75. The topological polar surface area (TPSA) is 30.3 Å². The van der Waals surface area contributed by atoms with Gasteiger partial charge in [0.25, 0.3) is 0 Å². The summed E-state index contributed by atoms with van der Waals surface area (Å²) in [6, 6.07) is 19.3. The molecule has 0 N–H and O–H groups in total. The molecule has 0 bridgehead atoms. The summed E-state index contributed by atoms with van der Waals surface area (Å²) in [6.45, 7) is 7.14.